The zero-order valence-corrected chi connectivity index (χ0v) is 21.9. The number of benzene rings is 4. The lowest BCUT2D eigenvalue weighted by Crippen LogP contribution is -2.02. The summed E-state index contributed by atoms with van der Waals surface area (Å²) in [4.78, 5) is 7.80. The lowest BCUT2D eigenvalue weighted by Gasteiger charge is -2.07. The Morgan fingerprint density at radius 3 is 1.35 bits per heavy atom. The third-order valence-corrected chi connectivity index (χ3v) is 7.93. The van der Waals surface area contributed by atoms with Gasteiger partial charge in [-0.25, -0.2) is 9.97 Å². The molecule has 0 aliphatic carbocycles. The lowest BCUT2D eigenvalue weighted by atomic mass is 10.1. The fourth-order valence-electron chi connectivity index (χ4n) is 4.23. The number of rotatable bonds is 6. The molecule has 4 aromatic carbocycles. The molecule has 0 saturated carbocycles. The molecular formula is C28H18N2O8S2. The number of fused-ring (bicyclic) bond motifs is 2. The van der Waals surface area contributed by atoms with Gasteiger partial charge in [0.2, 0.25) is 11.8 Å². The molecule has 40 heavy (non-hydrogen) atoms. The average molecular weight is 575 g/mol. The van der Waals surface area contributed by atoms with Gasteiger partial charge in [-0.05, 0) is 59.7 Å². The van der Waals surface area contributed by atoms with Crippen LogP contribution in [0.1, 0.15) is 11.1 Å². The van der Waals surface area contributed by atoms with E-state index in [4.69, 9.17) is 8.83 Å². The molecule has 0 fully saturated rings. The molecule has 0 atom stereocenters. The Labute approximate surface area is 227 Å². The molecule has 0 radical (unpaired) electrons. The first kappa shape index (κ1) is 25.6. The average Bonchev–Trinajstić information content (AvgIpc) is 3.55. The van der Waals surface area contributed by atoms with Gasteiger partial charge in [-0.15, -0.1) is 0 Å². The molecule has 0 bridgehead atoms. The van der Waals surface area contributed by atoms with Gasteiger partial charge in [0.25, 0.3) is 20.2 Å². The van der Waals surface area contributed by atoms with Gasteiger partial charge in [0.15, 0.2) is 11.2 Å². The highest BCUT2D eigenvalue weighted by atomic mass is 32.2. The molecular weight excluding hydrogens is 556 g/mol. The first-order valence-electron chi connectivity index (χ1n) is 11.7. The number of aromatic nitrogens is 2. The zero-order valence-electron chi connectivity index (χ0n) is 20.3. The second-order valence-electron chi connectivity index (χ2n) is 8.76. The topological polar surface area (TPSA) is 161 Å². The first-order chi connectivity index (χ1) is 19.1. The molecule has 10 nitrogen and oxygen atoms in total. The smallest absolute Gasteiger partial charge is 0.295 e. The molecule has 6 rings (SSSR count). The van der Waals surface area contributed by atoms with Crippen LogP contribution in [0.25, 0.3) is 57.3 Å². The Kier molecular flexibility index (Phi) is 6.11. The highest BCUT2D eigenvalue weighted by Gasteiger charge is 2.20. The van der Waals surface area contributed by atoms with Crippen LogP contribution in [0.5, 0.6) is 0 Å². The van der Waals surface area contributed by atoms with E-state index in [0.29, 0.717) is 33.3 Å². The van der Waals surface area contributed by atoms with Crippen LogP contribution in [0, 0.1) is 0 Å². The Morgan fingerprint density at radius 2 is 0.975 bits per heavy atom. The van der Waals surface area contributed by atoms with Crippen LogP contribution in [-0.2, 0) is 20.2 Å². The highest BCUT2D eigenvalue weighted by Crippen LogP contribution is 2.31. The van der Waals surface area contributed by atoms with E-state index in [-0.39, 0.29) is 22.9 Å². The van der Waals surface area contributed by atoms with E-state index < -0.39 is 30.0 Å². The SMILES string of the molecule is O=S(=O)(O)c1cc(-c2nc3ccccc3o2)ccc1C=Cc1ccc(-c2nc3ccccc3o2)cc1S(=O)(=O)O. The Morgan fingerprint density at radius 1 is 0.575 bits per heavy atom. The second-order valence-corrected chi connectivity index (χ2v) is 11.5. The minimum Gasteiger partial charge on any atom is -0.436 e. The summed E-state index contributed by atoms with van der Waals surface area (Å²) < 4.78 is 80.2. The molecule has 0 spiro atoms. The van der Waals surface area contributed by atoms with Crippen LogP contribution in [0.2, 0.25) is 0 Å². The number of hydrogen-bond donors (Lipinski definition) is 2. The second kappa shape index (κ2) is 9.54. The van der Waals surface area contributed by atoms with E-state index >= 15 is 0 Å². The monoisotopic (exact) mass is 574 g/mol. The molecule has 0 aliphatic heterocycles. The molecule has 0 saturated heterocycles. The highest BCUT2D eigenvalue weighted by molar-refractivity contribution is 7.86. The maximum Gasteiger partial charge on any atom is 0.295 e. The number of hydrogen-bond acceptors (Lipinski definition) is 8. The predicted octanol–water partition coefficient (Wildman–Crippen LogP) is 5.97. The largest absolute Gasteiger partial charge is 0.436 e. The lowest BCUT2D eigenvalue weighted by molar-refractivity contribution is 0.480. The molecule has 0 amide bonds. The quantitative estimate of drug-likeness (QED) is 0.179. The van der Waals surface area contributed by atoms with Crippen molar-refractivity contribution in [3.63, 3.8) is 0 Å². The summed E-state index contributed by atoms with van der Waals surface area (Å²) in [6.45, 7) is 0. The van der Waals surface area contributed by atoms with E-state index in [0.717, 1.165) is 0 Å². The van der Waals surface area contributed by atoms with Crippen molar-refractivity contribution in [2.45, 2.75) is 9.79 Å². The van der Waals surface area contributed by atoms with Gasteiger partial charge in [0, 0.05) is 11.1 Å². The number of para-hydroxylation sites is 4. The Hall–Kier alpha value is -4.62. The van der Waals surface area contributed by atoms with Gasteiger partial charge in [-0.2, -0.15) is 16.8 Å². The van der Waals surface area contributed by atoms with Gasteiger partial charge < -0.3 is 8.83 Å². The van der Waals surface area contributed by atoms with E-state index in [2.05, 4.69) is 9.97 Å². The normalized spacial score (nSPS) is 12.6. The van der Waals surface area contributed by atoms with Crippen LogP contribution < -0.4 is 0 Å². The van der Waals surface area contributed by atoms with E-state index in [1.807, 2.05) is 0 Å². The van der Waals surface area contributed by atoms with Crippen LogP contribution >= 0.6 is 0 Å². The van der Waals surface area contributed by atoms with Crippen molar-refractivity contribution in [2.75, 3.05) is 0 Å². The van der Waals surface area contributed by atoms with Crippen molar-refractivity contribution in [2.24, 2.45) is 0 Å². The maximum atomic E-state index is 12.2. The van der Waals surface area contributed by atoms with E-state index in [1.165, 1.54) is 36.4 Å². The zero-order chi connectivity index (χ0) is 28.1. The van der Waals surface area contributed by atoms with Crippen molar-refractivity contribution >= 4 is 54.6 Å². The van der Waals surface area contributed by atoms with Gasteiger partial charge >= 0.3 is 0 Å². The van der Waals surface area contributed by atoms with Gasteiger partial charge in [-0.1, -0.05) is 48.6 Å². The van der Waals surface area contributed by atoms with Crippen LogP contribution in [0.3, 0.4) is 0 Å². The van der Waals surface area contributed by atoms with Crippen molar-refractivity contribution in [1.29, 1.82) is 0 Å². The molecule has 2 heterocycles. The maximum absolute atomic E-state index is 12.2. The summed E-state index contributed by atoms with van der Waals surface area (Å²) in [5, 5.41) is 0. The van der Waals surface area contributed by atoms with Gasteiger partial charge in [-0.3, -0.25) is 9.11 Å². The standard InChI is InChI=1S/C28H18N2O8S2/c31-39(32,33)25-15-19(27-29-21-5-1-3-7-23(21)37-27)13-11-17(25)9-10-18-12-14-20(16-26(18)40(34,35)36)28-30-22-6-2-4-8-24(22)38-28/h1-16H,(H,31,32,33)(H,34,35,36). The molecule has 2 aromatic heterocycles. The molecule has 12 heteroatoms. The summed E-state index contributed by atoms with van der Waals surface area (Å²) >= 11 is 0. The van der Waals surface area contributed by atoms with Crippen molar-refractivity contribution < 1.29 is 34.8 Å². The number of oxazole rings is 2. The van der Waals surface area contributed by atoms with Crippen LogP contribution in [-0.4, -0.2) is 35.9 Å². The van der Waals surface area contributed by atoms with Gasteiger partial charge in [0.05, 0.1) is 0 Å². The van der Waals surface area contributed by atoms with Crippen molar-refractivity contribution in [3.05, 3.63) is 96.1 Å². The Balaban J connectivity index is 1.40. The third kappa shape index (κ3) is 4.92. The van der Waals surface area contributed by atoms with Crippen molar-refractivity contribution in [3.8, 4) is 22.9 Å². The summed E-state index contributed by atoms with van der Waals surface area (Å²) in [6.07, 6.45) is 2.62. The fraction of sp³-hybridized carbons (Fsp3) is 0. The predicted molar refractivity (Wildman–Crippen MR) is 147 cm³/mol. The molecule has 0 aliphatic rings. The third-order valence-electron chi connectivity index (χ3n) is 6.11. The number of nitrogens with zero attached hydrogens (tertiary/aromatic N) is 2. The van der Waals surface area contributed by atoms with Crippen LogP contribution in [0.15, 0.2) is 104 Å². The van der Waals surface area contributed by atoms with E-state index in [9.17, 15) is 25.9 Å². The molecule has 6 aromatic rings. The minimum absolute atomic E-state index is 0.0617. The van der Waals surface area contributed by atoms with Crippen LogP contribution in [0.4, 0.5) is 0 Å². The summed E-state index contributed by atoms with van der Waals surface area (Å²) in [7, 11) is -9.40. The summed E-state index contributed by atoms with van der Waals surface area (Å²) in [6, 6.07) is 22.4. The van der Waals surface area contributed by atoms with Gasteiger partial charge in [0.1, 0.15) is 20.8 Å². The first-order valence-corrected chi connectivity index (χ1v) is 14.6. The minimum atomic E-state index is -4.70. The van der Waals surface area contributed by atoms with E-state index in [1.54, 1.807) is 60.7 Å². The molecule has 2 N–H and O–H groups in total. The van der Waals surface area contributed by atoms with Crippen molar-refractivity contribution in [1.82, 2.24) is 9.97 Å². The Bertz CT molecular complexity index is 1960. The fourth-order valence-corrected chi connectivity index (χ4v) is 5.65. The molecule has 200 valence electrons. The summed E-state index contributed by atoms with van der Waals surface area (Å²) in [5.74, 6) is 0.315. The molecule has 0 unspecified atom stereocenters. The summed E-state index contributed by atoms with van der Waals surface area (Å²) in [5.41, 5.74) is 2.91.